The van der Waals surface area contributed by atoms with Crippen LogP contribution in [0.1, 0.15) is 74.6 Å². The third-order valence-corrected chi connectivity index (χ3v) is 6.03. The average molecular weight is 440 g/mol. The van der Waals surface area contributed by atoms with Crippen molar-refractivity contribution < 1.29 is 24.6 Å². The normalized spacial score (nSPS) is 18.8. The zero-order chi connectivity index (χ0) is 22.8. The number of nitrogens with one attached hydrogen (secondary N) is 1. The minimum Gasteiger partial charge on any atom is -0.492 e. The van der Waals surface area contributed by atoms with E-state index in [-0.39, 0.29) is 23.8 Å². The van der Waals surface area contributed by atoms with E-state index in [1.807, 2.05) is 43.8 Å². The summed E-state index contributed by atoms with van der Waals surface area (Å²) in [4.78, 5) is 13.0. The van der Waals surface area contributed by atoms with Gasteiger partial charge in [-0.2, -0.15) is 5.10 Å². The number of hydrogen-bond donors (Lipinski definition) is 3. The molecule has 170 valence electrons. The summed E-state index contributed by atoms with van der Waals surface area (Å²) in [5.74, 6) is 0.168. The molecule has 0 saturated heterocycles. The zero-order valence-corrected chi connectivity index (χ0v) is 18.8. The lowest BCUT2D eigenvalue weighted by Gasteiger charge is -2.25. The van der Waals surface area contributed by atoms with Gasteiger partial charge < -0.3 is 15.2 Å². The Bertz CT molecular complexity index is 1120. The molecule has 2 heterocycles. The maximum Gasteiger partial charge on any atom is 0.325 e. The first-order valence-electron chi connectivity index (χ1n) is 11.3. The largest absolute Gasteiger partial charge is 0.492 e. The first-order valence-corrected chi connectivity index (χ1v) is 11.3. The number of benzene rings is 1. The molecule has 2 aromatic heterocycles. The maximum absolute atomic E-state index is 13.0. The molecule has 0 unspecified atom stereocenters. The van der Waals surface area contributed by atoms with Gasteiger partial charge in [0.2, 0.25) is 5.69 Å². The van der Waals surface area contributed by atoms with Crippen molar-refractivity contribution in [1.29, 1.82) is 0 Å². The van der Waals surface area contributed by atoms with Crippen LogP contribution in [0.2, 0.25) is 0 Å². The molecule has 8 heteroatoms. The van der Waals surface area contributed by atoms with Gasteiger partial charge in [-0.3, -0.25) is 14.7 Å². The second-order valence-corrected chi connectivity index (χ2v) is 8.67. The molecule has 8 nitrogen and oxygen atoms in total. The van der Waals surface area contributed by atoms with Gasteiger partial charge in [0.05, 0.1) is 30.0 Å². The van der Waals surface area contributed by atoms with Crippen molar-refractivity contribution in [3.8, 4) is 5.75 Å². The van der Waals surface area contributed by atoms with Gasteiger partial charge in [-0.1, -0.05) is 13.8 Å². The number of anilines is 1. The fourth-order valence-electron chi connectivity index (χ4n) is 4.27. The molecule has 0 spiro atoms. The van der Waals surface area contributed by atoms with E-state index >= 15 is 0 Å². The minimum atomic E-state index is -0.427. The van der Waals surface area contributed by atoms with Crippen LogP contribution >= 0.6 is 0 Å². The second kappa shape index (κ2) is 9.16. The van der Waals surface area contributed by atoms with Crippen LogP contribution < -0.4 is 14.8 Å². The number of aliphatic hydroxyl groups excluding tert-OH is 1. The van der Waals surface area contributed by atoms with Crippen LogP contribution in [0.4, 0.5) is 5.69 Å². The summed E-state index contributed by atoms with van der Waals surface area (Å²) in [6.07, 6.45) is 5.10. The lowest BCUT2D eigenvalue weighted by molar-refractivity contribution is -0.911. The molecule has 0 radical (unpaired) electrons. The quantitative estimate of drug-likeness (QED) is 0.401. The third kappa shape index (κ3) is 4.41. The number of aromatic nitrogens is 3. The van der Waals surface area contributed by atoms with Crippen LogP contribution in [0.3, 0.4) is 0 Å². The van der Waals surface area contributed by atoms with Gasteiger partial charge in [0, 0.05) is 40.4 Å². The predicted molar refractivity (Wildman–Crippen MR) is 120 cm³/mol. The third-order valence-electron chi connectivity index (χ3n) is 6.03. The predicted octanol–water partition coefficient (Wildman–Crippen LogP) is 3.81. The summed E-state index contributed by atoms with van der Waals surface area (Å²) in [6, 6.07) is 9.07. The van der Waals surface area contributed by atoms with Crippen molar-refractivity contribution in [2.45, 2.75) is 64.5 Å². The van der Waals surface area contributed by atoms with Crippen LogP contribution in [-0.4, -0.2) is 38.7 Å². The van der Waals surface area contributed by atoms with Gasteiger partial charge in [0.1, 0.15) is 5.75 Å². The average Bonchev–Trinajstić information content (AvgIpc) is 3.17. The van der Waals surface area contributed by atoms with Gasteiger partial charge in [-0.05, 0) is 44.7 Å². The van der Waals surface area contributed by atoms with Crippen LogP contribution in [0, 0.1) is 0 Å². The molecule has 1 fully saturated rings. The fourth-order valence-corrected chi connectivity index (χ4v) is 4.27. The van der Waals surface area contributed by atoms with Crippen molar-refractivity contribution in [1.82, 2.24) is 9.78 Å². The van der Waals surface area contributed by atoms with Gasteiger partial charge in [0.25, 0.3) is 0 Å². The SMILES string of the molecule is CCOc1cc2nn([C@H]3CC[C@H](O)CC3)cc2cc1NC(=O)c1cccc(C(C)C)[n+]1O. The van der Waals surface area contributed by atoms with Crippen LogP contribution in [0.25, 0.3) is 10.9 Å². The molecule has 0 atom stereocenters. The van der Waals surface area contributed by atoms with Crippen molar-refractivity contribution in [3.05, 3.63) is 47.9 Å². The Morgan fingerprint density at radius 1 is 1.28 bits per heavy atom. The first kappa shape index (κ1) is 22.1. The number of amides is 1. The number of ether oxygens (including phenoxy) is 1. The highest BCUT2D eigenvalue weighted by molar-refractivity contribution is 6.04. The number of nitrogens with zero attached hydrogens (tertiary/aromatic N) is 3. The highest BCUT2D eigenvalue weighted by atomic mass is 16.5. The van der Waals surface area contributed by atoms with E-state index in [0.29, 0.717) is 23.7 Å². The highest BCUT2D eigenvalue weighted by Crippen LogP contribution is 2.33. The second-order valence-electron chi connectivity index (χ2n) is 8.67. The fraction of sp³-hybridized carbons (Fsp3) is 0.458. The van der Waals surface area contributed by atoms with Crippen LogP contribution in [0.15, 0.2) is 36.5 Å². The maximum atomic E-state index is 13.0. The molecule has 1 aliphatic rings. The topological polar surface area (TPSA) is 100 Å². The van der Waals surface area contributed by atoms with Gasteiger partial charge in [-0.25, -0.2) is 0 Å². The number of aliphatic hydroxyl groups is 1. The van der Waals surface area contributed by atoms with E-state index in [1.165, 1.54) is 0 Å². The summed E-state index contributed by atoms with van der Waals surface area (Å²) < 4.78 is 8.68. The van der Waals surface area contributed by atoms with Crippen LogP contribution in [0.5, 0.6) is 5.75 Å². The monoisotopic (exact) mass is 439 g/mol. The number of carbonyl (C=O) groups excluding carboxylic acids is 1. The molecule has 3 N–H and O–H groups in total. The number of fused-ring (bicyclic) bond motifs is 1. The number of hydrogen-bond acceptors (Lipinski definition) is 5. The molecular weight excluding hydrogens is 408 g/mol. The lowest BCUT2D eigenvalue weighted by atomic mass is 9.93. The summed E-state index contributed by atoms with van der Waals surface area (Å²) in [5, 5.41) is 28.8. The van der Waals surface area contributed by atoms with Crippen molar-refractivity contribution in [2.24, 2.45) is 0 Å². The Morgan fingerprint density at radius 2 is 2.03 bits per heavy atom. The Kier molecular flexibility index (Phi) is 6.32. The molecule has 0 bridgehead atoms. The summed E-state index contributed by atoms with van der Waals surface area (Å²) in [7, 11) is 0. The Hall–Kier alpha value is -3.13. The molecule has 1 aliphatic carbocycles. The van der Waals surface area contributed by atoms with E-state index in [4.69, 9.17) is 9.84 Å². The summed E-state index contributed by atoms with van der Waals surface area (Å²) in [6.45, 7) is 6.24. The number of rotatable bonds is 6. The Labute approximate surface area is 187 Å². The number of pyridine rings is 1. The van der Waals surface area contributed by atoms with Gasteiger partial charge in [0.15, 0.2) is 0 Å². The van der Waals surface area contributed by atoms with Crippen molar-refractivity contribution in [3.63, 3.8) is 0 Å². The standard InChI is InChI=1S/C24H30N4O4/c1-4-32-23-13-19-16(14-27(26-19)17-8-10-18(29)11-9-17)12-20(23)25-24(30)22-7-5-6-21(15(2)3)28(22)31/h5-7,12-15,17-18,29H,4,8-11H2,1-3H3,(H-,25,30,31)/p+1/t17-,18-. The highest BCUT2D eigenvalue weighted by Gasteiger charge is 2.26. The molecule has 3 aromatic rings. The van der Waals surface area contributed by atoms with Crippen LogP contribution in [-0.2, 0) is 0 Å². The number of carbonyl (C=O) groups is 1. The first-order chi connectivity index (χ1) is 15.4. The van der Waals surface area contributed by atoms with Crippen molar-refractivity contribution in [2.75, 3.05) is 11.9 Å². The molecule has 0 aliphatic heterocycles. The summed E-state index contributed by atoms with van der Waals surface area (Å²) in [5.41, 5.74) is 2.11. The van der Waals surface area contributed by atoms with E-state index in [0.717, 1.165) is 41.3 Å². The minimum absolute atomic E-state index is 0.0647. The van der Waals surface area contributed by atoms with Crippen molar-refractivity contribution >= 4 is 22.5 Å². The summed E-state index contributed by atoms with van der Waals surface area (Å²) >= 11 is 0. The molecule has 1 aromatic carbocycles. The smallest absolute Gasteiger partial charge is 0.325 e. The zero-order valence-electron chi connectivity index (χ0n) is 18.8. The molecule has 1 saturated carbocycles. The Balaban J connectivity index is 1.65. The molecular formula is C24H31N4O4+. The van der Waals surface area contributed by atoms with Gasteiger partial charge in [-0.15, -0.1) is 0 Å². The Morgan fingerprint density at radius 3 is 2.72 bits per heavy atom. The van der Waals surface area contributed by atoms with Gasteiger partial charge >= 0.3 is 11.6 Å². The molecule has 32 heavy (non-hydrogen) atoms. The molecule has 4 rings (SSSR count). The van der Waals surface area contributed by atoms with E-state index < -0.39 is 5.91 Å². The lowest BCUT2D eigenvalue weighted by Crippen LogP contribution is -2.43. The molecule has 1 amide bonds. The van der Waals surface area contributed by atoms with E-state index in [1.54, 1.807) is 18.2 Å². The van der Waals surface area contributed by atoms with E-state index in [9.17, 15) is 15.1 Å². The van der Waals surface area contributed by atoms with E-state index in [2.05, 4.69) is 5.32 Å².